The molecular weight excluding hydrogens is 314 g/mol. The lowest BCUT2D eigenvalue weighted by Gasteiger charge is -2.13. The van der Waals surface area contributed by atoms with Gasteiger partial charge in [-0.05, 0) is 49.4 Å². The number of rotatable bonds is 7. The highest BCUT2D eigenvalue weighted by Gasteiger charge is 2.18. The molecule has 1 atom stereocenters. The lowest BCUT2D eigenvalue weighted by molar-refractivity contribution is 0.0935. The zero-order valence-electron chi connectivity index (χ0n) is 15.0. The summed E-state index contributed by atoms with van der Waals surface area (Å²) >= 11 is 0. The van der Waals surface area contributed by atoms with Gasteiger partial charge in [0.15, 0.2) is 5.78 Å². The highest BCUT2D eigenvalue weighted by atomic mass is 16.3. The summed E-state index contributed by atoms with van der Waals surface area (Å²) in [6.07, 6.45) is 0.628. The lowest BCUT2D eigenvalue weighted by atomic mass is 9.95. The molecule has 132 valence electrons. The summed E-state index contributed by atoms with van der Waals surface area (Å²) in [5, 5.41) is 11.8. The van der Waals surface area contributed by atoms with Crippen LogP contribution in [0.3, 0.4) is 0 Å². The summed E-state index contributed by atoms with van der Waals surface area (Å²) in [7, 11) is 0. The van der Waals surface area contributed by atoms with E-state index in [0.29, 0.717) is 29.7 Å². The maximum atomic E-state index is 12.9. The number of aryl methyl sites for hydroxylation is 2. The fourth-order valence-electron chi connectivity index (χ4n) is 2.60. The van der Waals surface area contributed by atoms with Gasteiger partial charge in [-0.25, -0.2) is 0 Å². The molecule has 0 spiro atoms. The second kappa shape index (κ2) is 8.58. The molecule has 2 aromatic rings. The molecule has 0 aliphatic rings. The average molecular weight is 339 g/mol. The van der Waals surface area contributed by atoms with E-state index in [1.165, 1.54) is 0 Å². The predicted octanol–water partition coefficient (Wildman–Crippen LogP) is 3.28. The second-order valence-corrected chi connectivity index (χ2v) is 6.50. The minimum absolute atomic E-state index is 0.0961. The Morgan fingerprint density at radius 1 is 1.04 bits per heavy atom. The first-order chi connectivity index (χ1) is 11.9. The van der Waals surface area contributed by atoms with Gasteiger partial charge in [-0.15, -0.1) is 0 Å². The van der Waals surface area contributed by atoms with Crippen LogP contribution in [0.15, 0.2) is 42.5 Å². The number of carbonyl (C=O) groups is 2. The molecule has 1 amide bonds. The highest BCUT2D eigenvalue weighted by Crippen LogP contribution is 2.17. The molecule has 1 unspecified atom stereocenters. The Labute approximate surface area is 148 Å². The quantitative estimate of drug-likeness (QED) is 0.761. The molecule has 0 saturated carbocycles. The molecule has 0 aliphatic carbocycles. The topological polar surface area (TPSA) is 66.4 Å². The summed E-state index contributed by atoms with van der Waals surface area (Å²) in [6.45, 7) is 6.49. The zero-order valence-corrected chi connectivity index (χ0v) is 15.0. The van der Waals surface area contributed by atoms with Crippen molar-refractivity contribution in [3.8, 4) is 0 Å². The van der Waals surface area contributed by atoms with Crippen molar-refractivity contribution in [2.75, 3.05) is 13.2 Å². The molecule has 0 aromatic heterocycles. The van der Waals surface area contributed by atoms with Crippen LogP contribution in [0.25, 0.3) is 0 Å². The molecule has 0 fully saturated rings. The normalized spacial score (nSPS) is 11.8. The standard InChI is InChI=1S/C21H25NO3/c1-14(10-11-23)13-22-21(25)19-7-5-4-6-18(19)20(24)17-9-8-15(2)16(3)12-17/h4-9,12,14,23H,10-11,13H2,1-3H3,(H,22,25). The Hall–Kier alpha value is -2.46. The van der Waals surface area contributed by atoms with E-state index in [1.54, 1.807) is 30.3 Å². The van der Waals surface area contributed by atoms with Crippen LogP contribution in [0.1, 0.15) is 50.8 Å². The largest absolute Gasteiger partial charge is 0.396 e. The third-order valence-electron chi connectivity index (χ3n) is 4.42. The molecule has 0 aliphatic heterocycles. The van der Waals surface area contributed by atoms with Crippen LogP contribution < -0.4 is 5.32 Å². The summed E-state index contributed by atoms with van der Waals surface area (Å²) in [5.41, 5.74) is 3.53. The minimum Gasteiger partial charge on any atom is -0.396 e. The minimum atomic E-state index is -0.266. The number of nitrogens with one attached hydrogen (secondary N) is 1. The van der Waals surface area contributed by atoms with E-state index in [1.807, 2.05) is 32.9 Å². The van der Waals surface area contributed by atoms with Crippen LogP contribution in [0.4, 0.5) is 0 Å². The van der Waals surface area contributed by atoms with Crippen molar-refractivity contribution >= 4 is 11.7 Å². The van der Waals surface area contributed by atoms with E-state index < -0.39 is 0 Å². The molecule has 4 nitrogen and oxygen atoms in total. The van der Waals surface area contributed by atoms with Gasteiger partial charge in [-0.1, -0.05) is 37.3 Å². The average Bonchev–Trinajstić information content (AvgIpc) is 2.61. The maximum absolute atomic E-state index is 12.9. The number of hydrogen-bond acceptors (Lipinski definition) is 3. The van der Waals surface area contributed by atoms with Crippen molar-refractivity contribution in [2.24, 2.45) is 5.92 Å². The van der Waals surface area contributed by atoms with Gasteiger partial charge in [-0.2, -0.15) is 0 Å². The first-order valence-corrected chi connectivity index (χ1v) is 8.54. The molecule has 25 heavy (non-hydrogen) atoms. The molecule has 4 heteroatoms. The molecule has 2 rings (SSSR count). The van der Waals surface area contributed by atoms with E-state index in [9.17, 15) is 9.59 Å². The van der Waals surface area contributed by atoms with Crippen LogP contribution >= 0.6 is 0 Å². The van der Waals surface area contributed by atoms with Crippen molar-refractivity contribution in [1.82, 2.24) is 5.32 Å². The third kappa shape index (κ3) is 4.77. The van der Waals surface area contributed by atoms with E-state index >= 15 is 0 Å². The van der Waals surface area contributed by atoms with E-state index in [2.05, 4.69) is 5.32 Å². The number of benzene rings is 2. The number of carbonyl (C=O) groups excluding carboxylic acids is 2. The first kappa shape index (κ1) is 18.9. The third-order valence-corrected chi connectivity index (χ3v) is 4.42. The van der Waals surface area contributed by atoms with Gasteiger partial charge in [-0.3, -0.25) is 9.59 Å². The number of hydrogen-bond donors (Lipinski definition) is 2. The lowest BCUT2D eigenvalue weighted by Crippen LogP contribution is -2.30. The fourth-order valence-corrected chi connectivity index (χ4v) is 2.60. The number of aliphatic hydroxyl groups is 1. The van der Waals surface area contributed by atoms with Crippen LogP contribution in [-0.2, 0) is 0 Å². The highest BCUT2D eigenvalue weighted by molar-refractivity contribution is 6.15. The van der Waals surface area contributed by atoms with Crippen LogP contribution in [-0.4, -0.2) is 29.9 Å². The van der Waals surface area contributed by atoms with Crippen molar-refractivity contribution < 1.29 is 14.7 Å². The van der Waals surface area contributed by atoms with Gasteiger partial charge >= 0.3 is 0 Å². The Kier molecular flexibility index (Phi) is 6.48. The van der Waals surface area contributed by atoms with Gasteiger partial charge in [0.25, 0.3) is 5.91 Å². The summed E-state index contributed by atoms with van der Waals surface area (Å²) < 4.78 is 0. The zero-order chi connectivity index (χ0) is 18.4. The summed E-state index contributed by atoms with van der Waals surface area (Å²) in [5.74, 6) is -0.244. The van der Waals surface area contributed by atoms with Crippen molar-refractivity contribution in [2.45, 2.75) is 27.2 Å². The SMILES string of the molecule is Cc1ccc(C(=O)c2ccccc2C(=O)NCC(C)CCO)cc1C. The first-order valence-electron chi connectivity index (χ1n) is 8.54. The van der Waals surface area contributed by atoms with Gasteiger partial charge in [0.1, 0.15) is 0 Å². The van der Waals surface area contributed by atoms with Crippen LogP contribution in [0.2, 0.25) is 0 Å². The Morgan fingerprint density at radius 3 is 2.36 bits per heavy atom. The second-order valence-electron chi connectivity index (χ2n) is 6.50. The number of ketones is 1. The maximum Gasteiger partial charge on any atom is 0.252 e. The smallest absolute Gasteiger partial charge is 0.252 e. The van der Waals surface area contributed by atoms with Gasteiger partial charge in [0.05, 0.1) is 5.56 Å². The predicted molar refractivity (Wildman–Crippen MR) is 99.0 cm³/mol. The molecular formula is C21H25NO3. The monoisotopic (exact) mass is 339 g/mol. The fraction of sp³-hybridized carbons (Fsp3) is 0.333. The van der Waals surface area contributed by atoms with Gasteiger partial charge in [0, 0.05) is 24.3 Å². The Bertz CT molecular complexity index is 767. The van der Waals surface area contributed by atoms with Gasteiger partial charge in [0.2, 0.25) is 0 Å². The van der Waals surface area contributed by atoms with Gasteiger partial charge < -0.3 is 10.4 Å². The molecule has 0 heterocycles. The van der Waals surface area contributed by atoms with Crippen molar-refractivity contribution in [3.63, 3.8) is 0 Å². The van der Waals surface area contributed by atoms with E-state index in [4.69, 9.17) is 5.11 Å². The molecule has 0 saturated heterocycles. The molecule has 2 N–H and O–H groups in total. The number of amides is 1. The Morgan fingerprint density at radius 2 is 1.72 bits per heavy atom. The van der Waals surface area contributed by atoms with E-state index in [-0.39, 0.29) is 24.2 Å². The molecule has 0 radical (unpaired) electrons. The van der Waals surface area contributed by atoms with E-state index in [0.717, 1.165) is 11.1 Å². The summed E-state index contributed by atoms with van der Waals surface area (Å²) in [6, 6.07) is 12.4. The van der Waals surface area contributed by atoms with Crippen molar-refractivity contribution in [1.29, 1.82) is 0 Å². The molecule has 0 bridgehead atoms. The summed E-state index contributed by atoms with van der Waals surface area (Å²) in [4.78, 5) is 25.4. The van der Waals surface area contributed by atoms with Crippen LogP contribution in [0.5, 0.6) is 0 Å². The molecule has 2 aromatic carbocycles. The van der Waals surface area contributed by atoms with Crippen LogP contribution in [0, 0.1) is 19.8 Å². The Balaban J connectivity index is 2.23. The number of aliphatic hydroxyl groups excluding tert-OH is 1. The van der Waals surface area contributed by atoms with Crippen molar-refractivity contribution in [3.05, 3.63) is 70.3 Å².